The van der Waals surface area contributed by atoms with E-state index in [1.165, 1.54) is 14.2 Å². The highest BCUT2D eigenvalue weighted by atomic mass is 16.5. The number of likely N-dealkylation sites (tertiary alicyclic amines) is 1. The first-order chi connectivity index (χ1) is 25.4. The molecule has 0 spiro atoms. The van der Waals surface area contributed by atoms with Crippen LogP contribution in [0.5, 0.6) is 0 Å². The SMILES string of the molecule is CCC(C)C(C(CC(=O)N1CCC[C@@H]1C(OC)C(C)C(=O)NC(Cc1ccccc1)C(=O)OC)OC)N(C)C(=O)C(CC(=O)C(C(C)C)N(C)C)C(C)C. The zero-order valence-electron chi connectivity index (χ0n) is 35.3. The molecule has 1 saturated heterocycles. The Balaban J connectivity index is 2.29. The van der Waals surface area contributed by atoms with E-state index in [1.54, 1.807) is 30.9 Å². The Morgan fingerprint density at radius 3 is 2.02 bits per heavy atom. The first-order valence-electron chi connectivity index (χ1n) is 19.7. The van der Waals surface area contributed by atoms with Gasteiger partial charge in [-0.15, -0.1) is 0 Å². The summed E-state index contributed by atoms with van der Waals surface area (Å²) in [5, 5.41) is 2.86. The van der Waals surface area contributed by atoms with Gasteiger partial charge >= 0.3 is 5.97 Å². The first kappa shape index (κ1) is 46.8. The van der Waals surface area contributed by atoms with Gasteiger partial charge in [0.05, 0.1) is 49.8 Å². The number of ketones is 1. The summed E-state index contributed by atoms with van der Waals surface area (Å²) in [6.45, 7) is 14.3. The zero-order chi connectivity index (χ0) is 40.9. The lowest BCUT2D eigenvalue weighted by Crippen LogP contribution is -2.55. The van der Waals surface area contributed by atoms with E-state index in [0.29, 0.717) is 13.0 Å². The van der Waals surface area contributed by atoms with Crippen molar-refractivity contribution in [1.82, 2.24) is 20.0 Å². The van der Waals surface area contributed by atoms with Crippen LogP contribution < -0.4 is 5.32 Å². The van der Waals surface area contributed by atoms with E-state index in [9.17, 15) is 24.0 Å². The van der Waals surface area contributed by atoms with Gasteiger partial charge in [-0.1, -0.05) is 85.2 Å². The van der Waals surface area contributed by atoms with Crippen molar-refractivity contribution in [2.24, 2.45) is 29.6 Å². The fraction of sp³-hybridized carbons (Fsp3) is 0.738. The average molecular weight is 759 g/mol. The monoisotopic (exact) mass is 759 g/mol. The Labute approximate surface area is 325 Å². The number of methoxy groups -OCH3 is 3. The minimum Gasteiger partial charge on any atom is -0.467 e. The Bertz CT molecular complexity index is 1350. The molecule has 1 aromatic rings. The molecule has 0 saturated carbocycles. The van der Waals surface area contributed by atoms with Gasteiger partial charge in [0.2, 0.25) is 17.7 Å². The number of nitrogens with one attached hydrogen (secondary N) is 1. The highest BCUT2D eigenvalue weighted by Crippen LogP contribution is 2.31. The van der Waals surface area contributed by atoms with Crippen molar-refractivity contribution in [3.8, 4) is 0 Å². The molecule has 2 rings (SSSR count). The summed E-state index contributed by atoms with van der Waals surface area (Å²) < 4.78 is 17.0. The molecule has 8 unspecified atom stereocenters. The highest BCUT2D eigenvalue weighted by Gasteiger charge is 2.43. The second-order valence-corrected chi connectivity index (χ2v) is 16.0. The van der Waals surface area contributed by atoms with Crippen molar-refractivity contribution in [3.63, 3.8) is 0 Å². The number of benzene rings is 1. The summed E-state index contributed by atoms with van der Waals surface area (Å²) >= 11 is 0. The molecule has 306 valence electrons. The summed E-state index contributed by atoms with van der Waals surface area (Å²) in [5.41, 5.74) is 0.879. The third-order valence-electron chi connectivity index (χ3n) is 11.4. The van der Waals surface area contributed by atoms with Gasteiger partial charge in [0, 0.05) is 46.6 Å². The van der Waals surface area contributed by atoms with Crippen molar-refractivity contribution in [2.75, 3.05) is 49.0 Å². The zero-order valence-corrected chi connectivity index (χ0v) is 35.3. The Hall–Kier alpha value is -3.35. The number of nitrogens with zero attached hydrogens (tertiary/aromatic N) is 3. The molecule has 0 radical (unpaired) electrons. The van der Waals surface area contributed by atoms with Crippen molar-refractivity contribution >= 4 is 29.5 Å². The van der Waals surface area contributed by atoms with Crippen LogP contribution in [0, 0.1) is 29.6 Å². The lowest BCUT2D eigenvalue weighted by Gasteiger charge is -2.41. The minimum absolute atomic E-state index is 0.00568. The molecular formula is C42H70N4O8. The number of hydrogen-bond donors (Lipinski definition) is 1. The number of likely N-dealkylation sites (N-methyl/N-ethyl adjacent to an activating group) is 2. The molecule has 12 heteroatoms. The summed E-state index contributed by atoms with van der Waals surface area (Å²) in [6.07, 6.45) is 1.32. The summed E-state index contributed by atoms with van der Waals surface area (Å²) in [7, 11) is 9.94. The van der Waals surface area contributed by atoms with Crippen molar-refractivity contribution in [1.29, 1.82) is 0 Å². The topological polar surface area (TPSA) is 135 Å². The number of esters is 1. The predicted octanol–water partition coefficient (Wildman–Crippen LogP) is 4.62. The second-order valence-electron chi connectivity index (χ2n) is 16.0. The van der Waals surface area contributed by atoms with Crippen LogP contribution in [-0.2, 0) is 44.6 Å². The smallest absolute Gasteiger partial charge is 0.328 e. The van der Waals surface area contributed by atoms with Gasteiger partial charge in [-0.3, -0.25) is 24.1 Å². The predicted molar refractivity (Wildman–Crippen MR) is 210 cm³/mol. The van der Waals surface area contributed by atoms with E-state index in [4.69, 9.17) is 14.2 Å². The van der Waals surface area contributed by atoms with Gasteiger partial charge in [-0.05, 0) is 50.3 Å². The van der Waals surface area contributed by atoms with Crippen molar-refractivity contribution < 1.29 is 38.2 Å². The van der Waals surface area contributed by atoms with Crippen LogP contribution in [0.25, 0.3) is 0 Å². The number of carbonyl (C=O) groups excluding carboxylic acids is 5. The van der Waals surface area contributed by atoms with Gasteiger partial charge in [0.1, 0.15) is 6.04 Å². The number of ether oxygens (including phenoxy) is 3. The highest BCUT2D eigenvalue weighted by molar-refractivity contribution is 5.90. The van der Waals surface area contributed by atoms with Crippen LogP contribution in [0.1, 0.15) is 86.1 Å². The van der Waals surface area contributed by atoms with E-state index in [0.717, 1.165) is 18.4 Å². The quantitative estimate of drug-likeness (QED) is 0.168. The number of amides is 3. The number of carbonyl (C=O) groups is 5. The molecule has 1 N–H and O–H groups in total. The minimum atomic E-state index is -0.885. The normalized spacial score (nSPS) is 19.1. The Morgan fingerprint density at radius 2 is 1.52 bits per heavy atom. The van der Waals surface area contributed by atoms with Gasteiger partial charge in [-0.2, -0.15) is 0 Å². The number of rotatable bonds is 22. The molecule has 0 aromatic heterocycles. The fourth-order valence-corrected chi connectivity index (χ4v) is 8.26. The van der Waals surface area contributed by atoms with Crippen LogP contribution in [0.15, 0.2) is 30.3 Å². The maximum Gasteiger partial charge on any atom is 0.328 e. The molecule has 1 aromatic carbocycles. The van der Waals surface area contributed by atoms with E-state index in [1.807, 2.05) is 77.0 Å². The molecule has 54 heavy (non-hydrogen) atoms. The van der Waals surface area contributed by atoms with E-state index in [2.05, 4.69) is 19.2 Å². The van der Waals surface area contributed by atoms with E-state index < -0.39 is 42.1 Å². The Kier molecular flexibility index (Phi) is 19.3. The summed E-state index contributed by atoms with van der Waals surface area (Å²) in [5.74, 6) is -2.34. The van der Waals surface area contributed by atoms with Crippen LogP contribution in [0.3, 0.4) is 0 Å². The largest absolute Gasteiger partial charge is 0.467 e. The molecule has 12 nitrogen and oxygen atoms in total. The molecule has 1 fully saturated rings. The molecule has 1 aliphatic rings. The lowest BCUT2D eigenvalue weighted by atomic mass is 9.83. The maximum absolute atomic E-state index is 14.3. The molecule has 1 heterocycles. The third-order valence-corrected chi connectivity index (χ3v) is 11.4. The van der Waals surface area contributed by atoms with Gasteiger partial charge in [0.15, 0.2) is 5.78 Å². The van der Waals surface area contributed by atoms with E-state index in [-0.39, 0.29) is 72.6 Å². The molecule has 0 bridgehead atoms. The van der Waals surface area contributed by atoms with Gasteiger partial charge in [0.25, 0.3) is 0 Å². The molecule has 3 amide bonds. The lowest BCUT2D eigenvalue weighted by molar-refractivity contribution is -0.150. The van der Waals surface area contributed by atoms with Crippen LogP contribution in [0.4, 0.5) is 0 Å². The molecular weight excluding hydrogens is 688 g/mol. The molecule has 9 atom stereocenters. The van der Waals surface area contributed by atoms with Gasteiger partial charge in [-0.25, -0.2) is 4.79 Å². The standard InChI is InChI=1S/C42H70N4O8/c1-14-28(6)38(45(10)41(50)31(26(2)3)24-34(47)37(27(4)5)44(8)9)35(52-11)25-36(48)46-22-18-21-33(46)39(53-12)29(7)40(49)43-32(42(51)54-13)23-30-19-16-15-17-20-30/h15-17,19-20,26-29,31-33,35,37-39H,14,18,21-25H2,1-13H3,(H,43,49)/t28?,29?,31?,32?,33-,35?,37?,38?,39?/m1/s1. The molecule has 1 aliphatic heterocycles. The number of hydrogen-bond acceptors (Lipinski definition) is 9. The molecule has 0 aliphatic carbocycles. The van der Waals surface area contributed by atoms with Crippen LogP contribution >= 0.6 is 0 Å². The van der Waals surface area contributed by atoms with Crippen LogP contribution in [-0.4, -0.2) is 130 Å². The van der Waals surface area contributed by atoms with Crippen molar-refractivity contribution in [2.45, 2.75) is 123 Å². The maximum atomic E-state index is 14.3. The van der Waals surface area contributed by atoms with E-state index >= 15 is 0 Å². The number of Topliss-reactive ketones (excluding diaryl/α,β-unsaturated/α-hetero) is 1. The van der Waals surface area contributed by atoms with Crippen molar-refractivity contribution in [3.05, 3.63) is 35.9 Å². The first-order valence-corrected chi connectivity index (χ1v) is 19.7. The Morgan fingerprint density at radius 1 is 0.889 bits per heavy atom. The summed E-state index contributed by atoms with van der Waals surface area (Å²) in [6, 6.07) is 7.41. The second kappa shape index (κ2) is 22.3. The summed E-state index contributed by atoms with van der Waals surface area (Å²) in [4.78, 5) is 73.8. The fourth-order valence-electron chi connectivity index (χ4n) is 8.26. The van der Waals surface area contributed by atoms with Gasteiger partial charge < -0.3 is 29.3 Å². The average Bonchev–Trinajstić information content (AvgIpc) is 3.62. The van der Waals surface area contributed by atoms with Crippen LogP contribution in [0.2, 0.25) is 0 Å². The third kappa shape index (κ3) is 12.3.